The maximum atomic E-state index is 12.9. The van der Waals surface area contributed by atoms with Gasteiger partial charge in [0.1, 0.15) is 23.2 Å². The molecule has 3 rings (SSSR count). The molecule has 1 saturated heterocycles. The molecule has 130 valence electrons. The molecule has 8 heteroatoms. The molecule has 0 aromatic carbocycles. The highest BCUT2D eigenvalue weighted by Gasteiger charge is 2.43. The molecule has 2 amide bonds. The Morgan fingerprint density at radius 1 is 1.28 bits per heavy atom. The van der Waals surface area contributed by atoms with Crippen molar-refractivity contribution in [2.24, 2.45) is 0 Å². The van der Waals surface area contributed by atoms with Gasteiger partial charge in [-0.25, -0.2) is 8.42 Å². The molecular formula is C17H16N2O5S. The van der Waals surface area contributed by atoms with E-state index < -0.39 is 27.7 Å². The first kappa shape index (κ1) is 17.2. The Labute approximate surface area is 145 Å². The van der Waals surface area contributed by atoms with Gasteiger partial charge in [-0.1, -0.05) is 0 Å². The zero-order chi connectivity index (χ0) is 18.4. The van der Waals surface area contributed by atoms with Crippen LogP contribution in [0.4, 0.5) is 0 Å². The minimum Gasteiger partial charge on any atom is -0.462 e. The molecule has 2 aliphatic rings. The Morgan fingerprint density at radius 2 is 2.00 bits per heavy atom. The predicted octanol–water partition coefficient (Wildman–Crippen LogP) is 1.37. The van der Waals surface area contributed by atoms with E-state index in [0.29, 0.717) is 11.5 Å². The van der Waals surface area contributed by atoms with Gasteiger partial charge >= 0.3 is 0 Å². The lowest BCUT2D eigenvalue weighted by Gasteiger charge is -2.31. The van der Waals surface area contributed by atoms with Crippen molar-refractivity contribution in [1.29, 1.82) is 5.26 Å². The normalized spacial score (nSPS) is 24.9. The topological polar surface area (TPSA) is 108 Å². The Kier molecular flexibility index (Phi) is 4.13. The summed E-state index contributed by atoms with van der Waals surface area (Å²) in [5.74, 6) is -0.596. The zero-order valence-corrected chi connectivity index (χ0v) is 14.6. The standard InChI is InChI=1S/C17H16N2O5S/c1-10-3-4-13(24-10)7-14-11(2)15(8-18)17(21)19(16(14)20)12-5-6-25(22,23)9-12/h3-4,7,12H,5-6,9H2,1-2H3/b14-7-/t12-/m1/s1. The lowest BCUT2D eigenvalue weighted by molar-refractivity contribution is -0.142. The smallest absolute Gasteiger partial charge is 0.271 e. The van der Waals surface area contributed by atoms with Crippen molar-refractivity contribution in [3.63, 3.8) is 0 Å². The Balaban J connectivity index is 2.08. The summed E-state index contributed by atoms with van der Waals surface area (Å²) in [4.78, 5) is 26.3. The molecular weight excluding hydrogens is 344 g/mol. The molecule has 25 heavy (non-hydrogen) atoms. The van der Waals surface area contributed by atoms with E-state index in [4.69, 9.17) is 4.42 Å². The molecule has 0 saturated carbocycles. The third kappa shape index (κ3) is 3.03. The number of rotatable bonds is 2. The fraction of sp³-hybridized carbons (Fsp3) is 0.353. The highest BCUT2D eigenvalue weighted by molar-refractivity contribution is 7.91. The van der Waals surface area contributed by atoms with E-state index in [2.05, 4.69) is 0 Å². The molecule has 0 unspecified atom stereocenters. The summed E-state index contributed by atoms with van der Waals surface area (Å²) in [6.07, 6.45) is 1.66. The fourth-order valence-corrected chi connectivity index (χ4v) is 4.78. The van der Waals surface area contributed by atoms with E-state index in [0.717, 1.165) is 4.90 Å². The third-order valence-electron chi connectivity index (χ3n) is 4.39. The van der Waals surface area contributed by atoms with Gasteiger partial charge in [-0.3, -0.25) is 14.5 Å². The average molecular weight is 360 g/mol. The molecule has 3 heterocycles. The number of sulfone groups is 1. The summed E-state index contributed by atoms with van der Waals surface area (Å²) in [6.45, 7) is 3.28. The monoisotopic (exact) mass is 360 g/mol. The summed E-state index contributed by atoms with van der Waals surface area (Å²) in [7, 11) is -3.29. The van der Waals surface area contributed by atoms with E-state index in [1.54, 1.807) is 19.1 Å². The number of carbonyl (C=O) groups is 2. The van der Waals surface area contributed by atoms with Crippen molar-refractivity contribution in [1.82, 2.24) is 4.90 Å². The van der Waals surface area contributed by atoms with E-state index in [-0.39, 0.29) is 34.6 Å². The summed E-state index contributed by atoms with van der Waals surface area (Å²) in [5.41, 5.74) is 0.275. The summed E-state index contributed by atoms with van der Waals surface area (Å²) in [5, 5.41) is 9.33. The van der Waals surface area contributed by atoms with Crippen LogP contribution < -0.4 is 0 Å². The molecule has 1 atom stereocenters. The second-order valence-corrected chi connectivity index (χ2v) is 8.38. The Hall–Kier alpha value is -2.66. The first-order valence-electron chi connectivity index (χ1n) is 7.71. The molecule has 0 radical (unpaired) electrons. The van der Waals surface area contributed by atoms with Crippen molar-refractivity contribution in [2.75, 3.05) is 11.5 Å². The quantitative estimate of drug-likeness (QED) is 0.582. The number of furan rings is 1. The van der Waals surface area contributed by atoms with Gasteiger partial charge in [0.2, 0.25) is 0 Å². The van der Waals surface area contributed by atoms with E-state index in [1.165, 1.54) is 13.0 Å². The van der Waals surface area contributed by atoms with Gasteiger partial charge < -0.3 is 4.42 Å². The highest BCUT2D eigenvalue weighted by atomic mass is 32.2. The number of imide groups is 1. The zero-order valence-electron chi connectivity index (χ0n) is 13.8. The molecule has 1 fully saturated rings. The van der Waals surface area contributed by atoms with Gasteiger partial charge in [0.25, 0.3) is 11.8 Å². The number of hydrogen-bond acceptors (Lipinski definition) is 6. The number of carbonyl (C=O) groups excluding carboxylic acids is 2. The van der Waals surface area contributed by atoms with Crippen LogP contribution >= 0.6 is 0 Å². The van der Waals surface area contributed by atoms with Crippen molar-refractivity contribution in [2.45, 2.75) is 26.3 Å². The van der Waals surface area contributed by atoms with Crippen LogP contribution in [0.1, 0.15) is 24.9 Å². The fourth-order valence-electron chi connectivity index (χ4n) is 3.08. The van der Waals surface area contributed by atoms with Gasteiger partial charge in [-0.05, 0) is 44.1 Å². The molecule has 1 aromatic rings. The first-order chi connectivity index (χ1) is 11.7. The highest BCUT2D eigenvalue weighted by Crippen LogP contribution is 2.31. The maximum Gasteiger partial charge on any atom is 0.271 e. The minimum absolute atomic E-state index is 0.0737. The van der Waals surface area contributed by atoms with Crippen molar-refractivity contribution < 1.29 is 22.4 Å². The first-order valence-corrected chi connectivity index (χ1v) is 9.53. The number of amides is 2. The lowest BCUT2D eigenvalue weighted by atomic mass is 9.93. The Bertz CT molecular complexity index is 975. The van der Waals surface area contributed by atoms with Gasteiger partial charge in [-0.2, -0.15) is 5.26 Å². The van der Waals surface area contributed by atoms with Crippen molar-refractivity contribution >= 4 is 27.7 Å². The van der Waals surface area contributed by atoms with Crippen LogP contribution in [0.5, 0.6) is 0 Å². The van der Waals surface area contributed by atoms with E-state index >= 15 is 0 Å². The van der Waals surface area contributed by atoms with Gasteiger partial charge in [0.05, 0.1) is 17.5 Å². The number of hydrogen-bond donors (Lipinski definition) is 0. The maximum absolute atomic E-state index is 12.9. The predicted molar refractivity (Wildman–Crippen MR) is 88.6 cm³/mol. The lowest BCUT2D eigenvalue weighted by Crippen LogP contribution is -2.49. The van der Waals surface area contributed by atoms with Crippen molar-refractivity contribution in [3.8, 4) is 6.07 Å². The van der Waals surface area contributed by atoms with Crippen LogP contribution in [0.25, 0.3) is 6.08 Å². The van der Waals surface area contributed by atoms with Crippen LogP contribution in [0.3, 0.4) is 0 Å². The van der Waals surface area contributed by atoms with E-state index in [9.17, 15) is 23.3 Å². The van der Waals surface area contributed by atoms with Crippen LogP contribution in [0.2, 0.25) is 0 Å². The molecule has 2 aliphatic heterocycles. The van der Waals surface area contributed by atoms with Crippen LogP contribution in [-0.2, 0) is 19.4 Å². The number of nitrogens with zero attached hydrogens (tertiary/aromatic N) is 2. The van der Waals surface area contributed by atoms with Gasteiger partial charge in [-0.15, -0.1) is 0 Å². The number of aryl methyl sites for hydroxylation is 1. The second-order valence-electron chi connectivity index (χ2n) is 6.16. The molecule has 0 bridgehead atoms. The minimum atomic E-state index is -3.29. The molecule has 0 N–H and O–H groups in total. The Morgan fingerprint density at radius 3 is 2.52 bits per heavy atom. The summed E-state index contributed by atoms with van der Waals surface area (Å²) in [6, 6.07) is 4.50. The van der Waals surface area contributed by atoms with Crippen LogP contribution in [-0.4, -0.2) is 42.7 Å². The van der Waals surface area contributed by atoms with Gasteiger partial charge in [0.15, 0.2) is 9.84 Å². The van der Waals surface area contributed by atoms with Crippen LogP contribution in [0.15, 0.2) is 33.3 Å². The summed E-state index contributed by atoms with van der Waals surface area (Å²) < 4.78 is 28.9. The number of nitriles is 1. The third-order valence-corrected chi connectivity index (χ3v) is 6.14. The second kappa shape index (κ2) is 6.01. The molecule has 1 aromatic heterocycles. The SMILES string of the molecule is CC1=C(C#N)C(=O)N([C@@H]2CCS(=O)(=O)C2)C(=O)/C1=C\c1ccc(C)o1. The van der Waals surface area contributed by atoms with E-state index in [1.807, 2.05) is 6.07 Å². The van der Waals surface area contributed by atoms with Crippen LogP contribution in [0, 0.1) is 18.3 Å². The van der Waals surface area contributed by atoms with Gasteiger partial charge in [0, 0.05) is 5.57 Å². The molecule has 0 spiro atoms. The summed E-state index contributed by atoms with van der Waals surface area (Å²) >= 11 is 0. The average Bonchev–Trinajstić information content (AvgIpc) is 3.10. The largest absolute Gasteiger partial charge is 0.462 e. The molecule has 0 aliphatic carbocycles. The molecule has 7 nitrogen and oxygen atoms in total. The van der Waals surface area contributed by atoms with Crippen molar-refractivity contribution in [3.05, 3.63) is 40.4 Å².